The summed E-state index contributed by atoms with van der Waals surface area (Å²) in [5.41, 5.74) is 5.32. The summed E-state index contributed by atoms with van der Waals surface area (Å²) in [6.07, 6.45) is 2.21. The molecule has 106 valence electrons. The van der Waals surface area contributed by atoms with Gasteiger partial charge < -0.3 is 15.6 Å². The summed E-state index contributed by atoms with van der Waals surface area (Å²) in [6.45, 7) is -0.196. The van der Waals surface area contributed by atoms with Gasteiger partial charge in [0.25, 0.3) is 0 Å². The normalized spacial score (nSPS) is 17.8. The minimum atomic E-state index is -3.69. The zero-order valence-corrected chi connectivity index (χ0v) is 11.5. The first-order chi connectivity index (χ1) is 8.92. The van der Waals surface area contributed by atoms with Gasteiger partial charge in [-0.1, -0.05) is 0 Å². The standard InChI is InChI=1S/C12H18N2O4S/c1-18-11-7-9(3-4-10(11)13)19(16,17)14-12(8-15)5-2-6-12/h3-4,7,14-15H,2,5-6,8,13H2,1H3. The lowest BCUT2D eigenvalue weighted by molar-refractivity contribution is 0.110. The number of anilines is 1. The van der Waals surface area contributed by atoms with Crippen LogP contribution in [-0.2, 0) is 10.0 Å². The van der Waals surface area contributed by atoms with Gasteiger partial charge in [-0.25, -0.2) is 13.1 Å². The fourth-order valence-corrected chi connectivity index (χ4v) is 3.56. The molecular formula is C12H18N2O4S. The molecule has 1 aliphatic carbocycles. The predicted octanol–water partition coefficient (Wildman–Crippen LogP) is 0.471. The van der Waals surface area contributed by atoms with Crippen molar-refractivity contribution >= 4 is 15.7 Å². The molecule has 4 N–H and O–H groups in total. The molecule has 0 radical (unpaired) electrons. The molecule has 0 bridgehead atoms. The average molecular weight is 286 g/mol. The van der Waals surface area contributed by atoms with Crippen molar-refractivity contribution in [1.29, 1.82) is 0 Å². The van der Waals surface area contributed by atoms with Crippen molar-refractivity contribution < 1.29 is 18.3 Å². The van der Waals surface area contributed by atoms with E-state index in [1.54, 1.807) is 0 Å². The van der Waals surface area contributed by atoms with Crippen molar-refractivity contribution in [3.05, 3.63) is 18.2 Å². The van der Waals surface area contributed by atoms with Gasteiger partial charge in [-0.3, -0.25) is 0 Å². The van der Waals surface area contributed by atoms with Crippen LogP contribution in [0.2, 0.25) is 0 Å². The lowest BCUT2D eigenvalue weighted by Crippen LogP contribution is -2.55. The van der Waals surface area contributed by atoms with Gasteiger partial charge in [0.2, 0.25) is 10.0 Å². The molecule has 0 amide bonds. The second kappa shape index (κ2) is 4.99. The number of nitrogen functional groups attached to an aromatic ring is 1. The SMILES string of the molecule is COc1cc(S(=O)(=O)NC2(CO)CCC2)ccc1N. The molecule has 2 rings (SSSR count). The van der Waals surface area contributed by atoms with Crippen molar-refractivity contribution in [2.75, 3.05) is 19.5 Å². The highest BCUT2D eigenvalue weighted by Crippen LogP contribution is 2.33. The molecule has 0 saturated heterocycles. The van der Waals surface area contributed by atoms with Gasteiger partial charge in [0.1, 0.15) is 5.75 Å². The van der Waals surface area contributed by atoms with Crippen LogP contribution in [0.15, 0.2) is 23.1 Å². The van der Waals surface area contributed by atoms with E-state index < -0.39 is 15.6 Å². The summed E-state index contributed by atoms with van der Waals surface area (Å²) in [5.74, 6) is 0.314. The molecule has 0 aliphatic heterocycles. The molecule has 0 heterocycles. The fraction of sp³-hybridized carbons (Fsp3) is 0.500. The number of hydrogen-bond acceptors (Lipinski definition) is 5. The number of aliphatic hydroxyl groups excluding tert-OH is 1. The van der Waals surface area contributed by atoms with Crippen LogP contribution in [0.3, 0.4) is 0 Å². The van der Waals surface area contributed by atoms with Crippen LogP contribution >= 0.6 is 0 Å². The van der Waals surface area contributed by atoms with Crippen LogP contribution in [0.1, 0.15) is 19.3 Å². The number of nitrogens with two attached hydrogens (primary N) is 1. The number of methoxy groups -OCH3 is 1. The van der Waals surface area contributed by atoms with Gasteiger partial charge in [-0.15, -0.1) is 0 Å². The third-order valence-corrected chi connectivity index (χ3v) is 5.06. The molecule has 0 spiro atoms. The lowest BCUT2D eigenvalue weighted by atomic mass is 9.78. The number of sulfonamides is 1. The molecule has 0 unspecified atom stereocenters. The summed E-state index contributed by atoms with van der Waals surface area (Å²) < 4.78 is 32.1. The van der Waals surface area contributed by atoms with Crippen molar-refractivity contribution in [2.24, 2.45) is 0 Å². The van der Waals surface area contributed by atoms with Crippen LogP contribution in [0.5, 0.6) is 5.75 Å². The maximum atomic E-state index is 12.3. The first-order valence-electron chi connectivity index (χ1n) is 6.01. The van der Waals surface area contributed by atoms with E-state index in [9.17, 15) is 13.5 Å². The molecule has 0 aromatic heterocycles. The molecular weight excluding hydrogens is 268 g/mol. The van der Waals surface area contributed by atoms with Gasteiger partial charge in [0, 0.05) is 6.07 Å². The molecule has 6 nitrogen and oxygen atoms in total. The van der Waals surface area contributed by atoms with E-state index in [2.05, 4.69) is 4.72 Å². The minimum Gasteiger partial charge on any atom is -0.495 e. The minimum absolute atomic E-state index is 0.0817. The fourth-order valence-electron chi connectivity index (χ4n) is 2.10. The van der Waals surface area contributed by atoms with Crippen LogP contribution in [0.4, 0.5) is 5.69 Å². The predicted molar refractivity (Wildman–Crippen MR) is 71.4 cm³/mol. The summed E-state index contributed by atoms with van der Waals surface area (Å²) in [7, 11) is -2.26. The first-order valence-corrected chi connectivity index (χ1v) is 7.49. The second-order valence-electron chi connectivity index (χ2n) is 4.80. The monoisotopic (exact) mass is 286 g/mol. The third kappa shape index (κ3) is 2.68. The number of nitrogens with one attached hydrogen (secondary N) is 1. The number of aliphatic hydroxyl groups is 1. The van der Waals surface area contributed by atoms with Gasteiger partial charge in [-0.05, 0) is 31.4 Å². The Labute approximate surface area is 112 Å². The summed E-state index contributed by atoms with van der Waals surface area (Å²) in [6, 6.07) is 4.28. The van der Waals surface area contributed by atoms with Crippen LogP contribution in [-0.4, -0.2) is 32.8 Å². The van der Waals surface area contributed by atoms with Gasteiger partial charge >= 0.3 is 0 Å². The van der Waals surface area contributed by atoms with Crippen molar-refractivity contribution in [3.63, 3.8) is 0 Å². The lowest BCUT2D eigenvalue weighted by Gasteiger charge is -2.40. The number of ether oxygens (including phenoxy) is 1. The zero-order chi connectivity index (χ0) is 14.1. The van der Waals surface area contributed by atoms with Crippen molar-refractivity contribution in [2.45, 2.75) is 29.7 Å². The van der Waals surface area contributed by atoms with E-state index in [0.29, 0.717) is 24.3 Å². The maximum absolute atomic E-state index is 12.3. The Morgan fingerprint density at radius 1 is 1.47 bits per heavy atom. The van der Waals surface area contributed by atoms with Gasteiger partial charge in [0.05, 0.1) is 29.8 Å². The van der Waals surface area contributed by atoms with E-state index in [0.717, 1.165) is 6.42 Å². The Kier molecular flexibility index (Phi) is 3.71. The third-order valence-electron chi connectivity index (χ3n) is 3.48. The van der Waals surface area contributed by atoms with Crippen LogP contribution in [0, 0.1) is 0 Å². The zero-order valence-electron chi connectivity index (χ0n) is 10.7. The highest BCUT2D eigenvalue weighted by atomic mass is 32.2. The number of rotatable bonds is 5. The number of hydrogen-bond donors (Lipinski definition) is 3. The molecule has 1 aliphatic rings. The topological polar surface area (TPSA) is 102 Å². The first kappa shape index (κ1) is 14.1. The van der Waals surface area contributed by atoms with Gasteiger partial charge in [-0.2, -0.15) is 0 Å². The Hall–Kier alpha value is -1.31. The highest BCUT2D eigenvalue weighted by Gasteiger charge is 2.40. The molecule has 19 heavy (non-hydrogen) atoms. The van der Waals surface area contributed by atoms with Crippen molar-refractivity contribution in [3.8, 4) is 5.75 Å². The largest absolute Gasteiger partial charge is 0.495 e. The Morgan fingerprint density at radius 2 is 2.16 bits per heavy atom. The van der Waals surface area contributed by atoms with Crippen LogP contribution < -0.4 is 15.2 Å². The van der Waals surface area contributed by atoms with Gasteiger partial charge in [0.15, 0.2) is 0 Å². The summed E-state index contributed by atoms with van der Waals surface area (Å²) in [4.78, 5) is 0.0817. The Bertz CT molecular complexity index is 562. The molecule has 1 aromatic rings. The smallest absolute Gasteiger partial charge is 0.241 e. The quantitative estimate of drug-likeness (QED) is 0.683. The number of benzene rings is 1. The van der Waals surface area contributed by atoms with E-state index >= 15 is 0 Å². The molecule has 1 saturated carbocycles. The highest BCUT2D eigenvalue weighted by molar-refractivity contribution is 7.89. The van der Waals surface area contributed by atoms with E-state index in [-0.39, 0.29) is 11.5 Å². The van der Waals surface area contributed by atoms with E-state index in [4.69, 9.17) is 10.5 Å². The molecule has 7 heteroatoms. The second-order valence-corrected chi connectivity index (χ2v) is 6.48. The average Bonchev–Trinajstić information content (AvgIpc) is 2.34. The Morgan fingerprint density at radius 3 is 2.63 bits per heavy atom. The summed E-state index contributed by atoms with van der Waals surface area (Å²) >= 11 is 0. The molecule has 1 aromatic carbocycles. The van der Waals surface area contributed by atoms with E-state index in [1.807, 2.05) is 0 Å². The summed E-state index contributed by atoms with van der Waals surface area (Å²) in [5, 5.41) is 9.32. The van der Waals surface area contributed by atoms with Crippen LogP contribution in [0.25, 0.3) is 0 Å². The van der Waals surface area contributed by atoms with Crippen molar-refractivity contribution in [1.82, 2.24) is 4.72 Å². The molecule has 0 atom stereocenters. The maximum Gasteiger partial charge on any atom is 0.241 e. The van der Waals surface area contributed by atoms with E-state index in [1.165, 1.54) is 25.3 Å². The molecule has 1 fully saturated rings. The Balaban J connectivity index is 2.29.